The van der Waals surface area contributed by atoms with Crippen molar-refractivity contribution in [1.29, 1.82) is 0 Å². The van der Waals surface area contributed by atoms with Crippen LogP contribution in [0.5, 0.6) is 0 Å². The average Bonchev–Trinajstić information content (AvgIpc) is 1.63. The number of aromatic nitrogens is 6. The predicted molar refractivity (Wildman–Crippen MR) is 381 cm³/mol. The van der Waals surface area contributed by atoms with Crippen molar-refractivity contribution in [3.05, 3.63) is 45.8 Å². The normalized spacial score (nSPS) is 24.2. The molecule has 7 aliphatic rings. The molecular weight excluding hydrogens is 1480 g/mol. The van der Waals surface area contributed by atoms with Crippen LogP contribution in [-0.4, -0.2) is 160 Å². The van der Waals surface area contributed by atoms with Crippen LogP contribution >= 0.6 is 52.9 Å². The molecule has 104 heavy (non-hydrogen) atoms. The molecule has 10 rings (SSSR count). The Labute approximate surface area is 611 Å². The molecule has 3 aromatic heterocycles. The molecule has 5 heterocycles. The molecule has 588 valence electrons. The fourth-order valence-electron chi connectivity index (χ4n) is 14.7. The van der Waals surface area contributed by atoms with Gasteiger partial charge in [0.2, 0.25) is 11.8 Å². The molecule has 2 aliphatic heterocycles. The fourth-order valence-corrected chi connectivity index (χ4v) is 20.1. The lowest BCUT2D eigenvalue weighted by Crippen LogP contribution is -2.46. The predicted octanol–water partition coefficient (Wildman–Crippen LogP) is 8.64. The molecule has 35 nitrogen and oxygen atoms in total. The van der Waals surface area contributed by atoms with E-state index in [4.69, 9.17) is 33.8 Å². The van der Waals surface area contributed by atoms with E-state index in [0.717, 1.165) is 86.0 Å². The smallest absolute Gasteiger partial charge is 0.448 e. The Bertz CT molecular complexity index is 3480. The Hall–Kier alpha value is -4.03. The van der Waals surface area contributed by atoms with Crippen molar-refractivity contribution >= 4 is 93.7 Å². The summed E-state index contributed by atoms with van der Waals surface area (Å²) in [6.45, 7) is -1.76. The number of hydrogen-bond donors (Lipinski definition) is 12. The average molecular weight is 1590 g/mol. The maximum Gasteiger partial charge on any atom is 0.490 e. The first-order chi connectivity index (χ1) is 49.6. The van der Waals surface area contributed by atoms with Gasteiger partial charge in [-0.3, -0.25) is 47.2 Å². The zero-order chi connectivity index (χ0) is 74.9. The SMILES string of the molecule is C1CCC(C2CCCCC2)CC1.C1CCC(C2CCCCC2)CC1.O=C(CCCCCNC(=O)C(NC(=O)C1CCCCC1)SSCCOC(=O)Nc1ncnc2c1ncn2C1CC(O)C(COP(=O)(O)OP(=O)(O)OP(=O)(O)O)O1)NCCn1c(=O)ccn(C2CC(O)C(COP(=O)(O)O)O2)c1=O. The van der Waals surface area contributed by atoms with Gasteiger partial charge in [-0.05, 0) is 49.4 Å². The molecule has 0 aromatic carbocycles. The summed E-state index contributed by atoms with van der Waals surface area (Å²) in [5, 5.41) is 30.6. The van der Waals surface area contributed by atoms with Crippen LogP contribution in [0.3, 0.4) is 0 Å². The Morgan fingerprint density at radius 1 is 0.615 bits per heavy atom. The lowest BCUT2D eigenvalue weighted by Gasteiger charge is -2.32. The summed E-state index contributed by atoms with van der Waals surface area (Å²) in [5.74, 6) is 3.31. The number of hydrogen-bond acceptors (Lipinski definition) is 24. The number of phosphoric ester groups is 2. The highest BCUT2D eigenvalue weighted by Gasteiger charge is 2.44. The van der Waals surface area contributed by atoms with Crippen LogP contribution in [0.15, 0.2) is 34.5 Å². The maximum atomic E-state index is 13.4. The number of anilines is 1. The van der Waals surface area contributed by atoms with Crippen LogP contribution in [-0.2, 0) is 71.1 Å². The molecule has 2 saturated heterocycles. The number of nitrogens with zero attached hydrogens (tertiary/aromatic N) is 6. The summed E-state index contributed by atoms with van der Waals surface area (Å²) in [4.78, 5) is 145. The van der Waals surface area contributed by atoms with Gasteiger partial charge in [0, 0.05) is 62.8 Å². The number of aliphatic hydroxyl groups excluding tert-OH is 2. The molecule has 9 atom stereocenters. The highest BCUT2D eigenvalue weighted by molar-refractivity contribution is 8.77. The molecule has 0 radical (unpaired) electrons. The molecule has 5 aliphatic carbocycles. The molecule has 41 heteroatoms. The molecule has 5 saturated carbocycles. The van der Waals surface area contributed by atoms with E-state index >= 15 is 0 Å². The lowest BCUT2D eigenvalue weighted by atomic mass is 9.73. The van der Waals surface area contributed by atoms with Crippen molar-refractivity contribution in [2.45, 2.75) is 248 Å². The van der Waals surface area contributed by atoms with Crippen molar-refractivity contribution in [1.82, 2.24) is 44.6 Å². The maximum absolute atomic E-state index is 13.4. The summed E-state index contributed by atoms with van der Waals surface area (Å²) < 4.78 is 81.9. The molecule has 12 N–H and O–H groups in total. The summed E-state index contributed by atoms with van der Waals surface area (Å²) >= 11 is 0. The van der Waals surface area contributed by atoms with Gasteiger partial charge in [-0.15, -0.1) is 0 Å². The summed E-state index contributed by atoms with van der Waals surface area (Å²) in [6, 6.07) is 1.10. The highest BCUT2D eigenvalue weighted by Crippen LogP contribution is 2.66. The van der Waals surface area contributed by atoms with Crippen molar-refractivity contribution in [3.8, 4) is 0 Å². The first-order valence-electron chi connectivity index (χ1n) is 36.3. The second-order valence-electron chi connectivity index (χ2n) is 27.5. The standard InChI is InChI=1S/C39H60N10O25P4S2.2C12H22/c50-24-17-30(71-26(24)19-69-75(58,59)60)48-13-10-29(53)47(39(48)57)14-12-40-28(52)9-5-2-6-11-41-36(55)37(46-35(54)23-7-3-1-4-8-23)80-79-16-15-68-38(56)45-33-32-34(43-21-42-33)49(22-44-32)31-18-25(51)27(72-31)20-70-77(64,65)74-78(66,67)73-76(61,62)63;2*1-3-7-11(8-4-1)12-9-5-2-6-10-12/h10,13,21-27,30-31,37,50-51H,1-9,11-12,14-20H2,(H,40,52)(H,41,55)(H,46,54)(H,64,65)(H,66,67)(H2,58,59,60)(H2,61,62,63)(H,42,43,45,56);2*11-12H,1-10H2. The van der Waals surface area contributed by atoms with Crippen LogP contribution in [0.25, 0.3) is 11.2 Å². The third-order valence-electron chi connectivity index (χ3n) is 20.0. The van der Waals surface area contributed by atoms with Gasteiger partial charge < -0.3 is 69.7 Å². The van der Waals surface area contributed by atoms with E-state index in [1.165, 1.54) is 94.1 Å². The quantitative estimate of drug-likeness (QED) is 0.0120. The van der Waals surface area contributed by atoms with E-state index in [9.17, 15) is 67.0 Å². The van der Waals surface area contributed by atoms with E-state index < -0.39 is 110 Å². The second kappa shape index (κ2) is 42.2. The van der Waals surface area contributed by atoms with Crippen LogP contribution in [0.4, 0.5) is 10.6 Å². The number of rotatable bonds is 32. The van der Waals surface area contributed by atoms with Crippen LogP contribution < -0.4 is 32.5 Å². The number of carbonyl (C=O) groups is 4. The third-order valence-corrected chi connectivity index (χ3v) is 26.7. The topological polar surface area (TPSA) is 499 Å². The first kappa shape index (κ1) is 85.6. The molecule has 4 amide bonds. The minimum absolute atomic E-state index is 0.0542. The highest BCUT2D eigenvalue weighted by atomic mass is 33.1. The van der Waals surface area contributed by atoms with Gasteiger partial charge in [-0.2, -0.15) is 8.62 Å². The van der Waals surface area contributed by atoms with Gasteiger partial charge >= 0.3 is 43.1 Å². The number of fused-ring (bicyclic) bond motifs is 1. The van der Waals surface area contributed by atoms with E-state index in [0.29, 0.717) is 32.1 Å². The van der Waals surface area contributed by atoms with Gasteiger partial charge in [0.25, 0.3) is 11.5 Å². The monoisotopic (exact) mass is 1590 g/mol. The fraction of sp³-hybridized carbons (Fsp3) is 0.794. The molecular formula is C63H104N10O25P4S2. The van der Waals surface area contributed by atoms with Gasteiger partial charge in [-0.25, -0.2) is 42.8 Å². The zero-order valence-electron chi connectivity index (χ0n) is 58.4. The van der Waals surface area contributed by atoms with Gasteiger partial charge in [0.15, 0.2) is 22.4 Å². The number of carbonyl (C=O) groups excluding carboxylic acids is 4. The first-order valence-corrected chi connectivity index (χ1v) is 44.8. The van der Waals surface area contributed by atoms with Gasteiger partial charge in [-0.1, -0.05) is 176 Å². The summed E-state index contributed by atoms with van der Waals surface area (Å²) in [5.41, 5.74) is -1.30. The van der Waals surface area contributed by atoms with Crippen molar-refractivity contribution in [2.75, 3.05) is 44.0 Å². The third kappa shape index (κ3) is 28.8. The van der Waals surface area contributed by atoms with Gasteiger partial charge in [0.1, 0.15) is 37.6 Å². The molecule has 7 fully saturated rings. The van der Waals surface area contributed by atoms with Crippen LogP contribution in [0, 0.1) is 29.6 Å². The Morgan fingerprint density at radius 3 is 1.70 bits per heavy atom. The van der Waals surface area contributed by atoms with E-state index in [-0.39, 0.29) is 86.0 Å². The number of phosphoric acid groups is 4. The largest absolute Gasteiger partial charge is 0.490 e. The van der Waals surface area contributed by atoms with Crippen molar-refractivity contribution < 1.29 is 109 Å². The number of amides is 4. The molecule has 3 aromatic rings. The Morgan fingerprint density at radius 2 is 1.15 bits per heavy atom. The van der Waals surface area contributed by atoms with Crippen LogP contribution in [0.1, 0.15) is 212 Å². The van der Waals surface area contributed by atoms with Crippen molar-refractivity contribution in [3.63, 3.8) is 0 Å². The van der Waals surface area contributed by atoms with E-state index in [1.807, 2.05) is 0 Å². The Balaban J connectivity index is 0.000000472. The Kier molecular flexibility index (Phi) is 34.8. The second-order valence-corrected chi connectivity index (χ2v) is 35.8. The molecule has 0 bridgehead atoms. The minimum Gasteiger partial charge on any atom is -0.448 e. The number of nitrogens with one attached hydrogen (secondary N) is 4. The summed E-state index contributed by atoms with van der Waals surface area (Å²) in [7, 11) is -19.5. The summed E-state index contributed by atoms with van der Waals surface area (Å²) in [6.07, 6.45) is 31.6. The minimum atomic E-state index is -5.78. The number of aliphatic hydroxyl groups is 2. The molecule has 0 spiro atoms. The molecule has 9 unspecified atom stereocenters. The number of ether oxygens (including phenoxy) is 3. The number of unbranched alkanes of at least 4 members (excludes halogenated alkanes) is 2. The van der Waals surface area contributed by atoms with Crippen LogP contribution in [0.2, 0.25) is 0 Å². The zero-order valence-corrected chi connectivity index (χ0v) is 63.6. The van der Waals surface area contributed by atoms with Crippen molar-refractivity contribution in [2.24, 2.45) is 29.6 Å². The number of imidazole rings is 1. The van der Waals surface area contributed by atoms with Gasteiger partial charge in [0.05, 0.1) is 31.7 Å². The van der Waals surface area contributed by atoms with E-state index in [2.05, 4.69) is 53.9 Å². The van der Waals surface area contributed by atoms with E-state index in [1.54, 1.807) is 51.4 Å². The lowest BCUT2D eigenvalue weighted by molar-refractivity contribution is -0.129.